The van der Waals surface area contributed by atoms with Gasteiger partial charge in [0.2, 0.25) is 0 Å². The van der Waals surface area contributed by atoms with Crippen molar-refractivity contribution in [1.29, 1.82) is 5.41 Å². The topological polar surface area (TPSA) is 146 Å². The normalized spacial score (nSPS) is 19.1. The van der Waals surface area contributed by atoms with Gasteiger partial charge in [-0.25, -0.2) is 9.59 Å². The number of nitrogens with two attached hydrogens (primary N) is 1. The number of quaternary nitrogens is 1. The number of urea groups is 1. The molecule has 10 nitrogen and oxygen atoms in total. The van der Waals surface area contributed by atoms with E-state index in [0.717, 1.165) is 0 Å². The fraction of sp³-hybridized carbons (Fsp3) is 0.412. The molecule has 2 rings (SSSR count). The van der Waals surface area contributed by atoms with Gasteiger partial charge in [0.15, 0.2) is 6.54 Å². The molecule has 1 aliphatic rings. The maximum absolute atomic E-state index is 13.0. The van der Waals surface area contributed by atoms with E-state index in [1.54, 1.807) is 29.2 Å². The molecule has 0 aromatic heterocycles. The average molecular weight is 378 g/mol. The predicted octanol–water partition coefficient (Wildman–Crippen LogP) is -0.439. The largest absolute Gasteiger partial charge is 0.477 e. The van der Waals surface area contributed by atoms with Gasteiger partial charge in [-0.15, -0.1) is 0 Å². The third-order valence-corrected chi connectivity index (χ3v) is 4.52. The van der Waals surface area contributed by atoms with E-state index < -0.39 is 11.9 Å². The molecule has 5 N–H and O–H groups in total. The third kappa shape index (κ3) is 4.60. The molecule has 0 radical (unpaired) electrons. The first-order chi connectivity index (χ1) is 12.8. The number of aliphatic carboxylic acids is 1. The number of hydrogen-bond donors (Lipinski definition) is 4. The Hall–Kier alpha value is -2.98. The number of carbonyl (C=O) groups is 3. The number of nitrogens with one attached hydrogen (secondary N) is 2. The molecule has 1 atom stereocenters. The molecular weight excluding hydrogens is 354 g/mol. The highest BCUT2D eigenvalue weighted by molar-refractivity contribution is 5.97. The lowest BCUT2D eigenvalue weighted by Gasteiger charge is -2.29. The molecule has 1 fully saturated rings. The molecule has 27 heavy (non-hydrogen) atoms. The Morgan fingerprint density at radius 2 is 2.04 bits per heavy atom. The van der Waals surface area contributed by atoms with Crippen LogP contribution >= 0.6 is 0 Å². The van der Waals surface area contributed by atoms with Gasteiger partial charge in [-0.3, -0.25) is 15.1 Å². The molecule has 1 aromatic rings. The van der Waals surface area contributed by atoms with Crippen molar-refractivity contribution in [3.8, 4) is 0 Å². The molecule has 1 aromatic carbocycles. The molecule has 10 heteroatoms. The van der Waals surface area contributed by atoms with Crippen LogP contribution in [-0.4, -0.2) is 80.2 Å². The summed E-state index contributed by atoms with van der Waals surface area (Å²) in [6.07, 6.45) is 0. The first-order valence-electron chi connectivity index (χ1n) is 8.41. The maximum atomic E-state index is 13.0. The molecule has 1 aliphatic heterocycles. The second-order valence-electron chi connectivity index (χ2n) is 6.23. The first-order valence-corrected chi connectivity index (χ1v) is 8.41. The number of carboxylic acids is 1. The molecule has 0 bridgehead atoms. The summed E-state index contributed by atoms with van der Waals surface area (Å²) in [5.41, 5.74) is 6.49. The van der Waals surface area contributed by atoms with E-state index in [9.17, 15) is 19.5 Å². The predicted molar refractivity (Wildman–Crippen MR) is 98.5 cm³/mol. The van der Waals surface area contributed by atoms with E-state index in [4.69, 9.17) is 11.1 Å². The van der Waals surface area contributed by atoms with Gasteiger partial charge in [-0.05, 0) is 12.1 Å². The van der Waals surface area contributed by atoms with Crippen LogP contribution in [0.2, 0.25) is 0 Å². The summed E-state index contributed by atoms with van der Waals surface area (Å²) < 4.78 is 4.20. The number of amides is 2. The molecule has 1 unspecified atom stereocenters. The number of rotatable bonds is 9. The van der Waals surface area contributed by atoms with Crippen LogP contribution in [0, 0.1) is 5.41 Å². The average Bonchev–Trinajstić information content (AvgIpc) is 2.95. The van der Waals surface area contributed by atoms with Crippen LogP contribution in [0.4, 0.5) is 10.5 Å². The van der Waals surface area contributed by atoms with Crippen LogP contribution in [-0.2, 0) is 14.3 Å². The number of benzene rings is 1. The Kier molecular flexibility index (Phi) is 6.48. The smallest absolute Gasteiger partial charge is 0.425 e. The van der Waals surface area contributed by atoms with E-state index >= 15 is 0 Å². The standard InChI is InChI=1S/C17H23N5O5/c1-27-15(25)10-20-6-7-21-8-9-22(17(21)26,11-14(23)24)13-4-2-12(3-5-13)16(18)19/h2-5,20H,6-11H2,1H3,(H3-,18,19,23,24)/p+1. The van der Waals surface area contributed by atoms with E-state index in [1.165, 1.54) is 7.11 Å². The Morgan fingerprint density at radius 1 is 1.37 bits per heavy atom. The van der Waals surface area contributed by atoms with Gasteiger partial charge in [-0.2, -0.15) is 4.48 Å². The minimum atomic E-state index is -1.08. The maximum Gasteiger partial charge on any atom is 0.425 e. The fourth-order valence-corrected chi connectivity index (χ4v) is 3.07. The van der Waals surface area contributed by atoms with E-state index in [-0.39, 0.29) is 29.4 Å². The zero-order valence-corrected chi connectivity index (χ0v) is 15.1. The van der Waals surface area contributed by atoms with Crippen molar-refractivity contribution in [2.45, 2.75) is 0 Å². The van der Waals surface area contributed by atoms with Crippen molar-refractivity contribution in [2.75, 3.05) is 46.4 Å². The first kappa shape index (κ1) is 20.3. The number of hydrogen-bond acceptors (Lipinski definition) is 6. The number of carboxylic acid groups (broad SMARTS) is 1. The summed E-state index contributed by atoms with van der Waals surface area (Å²) in [7, 11) is 1.29. The molecule has 1 saturated heterocycles. The Bertz CT molecular complexity index is 736. The summed E-state index contributed by atoms with van der Waals surface area (Å²) in [5, 5.41) is 19.7. The molecular formula is C17H24N5O5+. The van der Waals surface area contributed by atoms with E-state index in [1.807, 2.05) is 0 Å². The quantitative estimate of drug-likeness (QED) is 0.150. The van der Waals surface area contributed by atoms with Crippen molar-refractivity contribution in [1.82, 2.24) is 14.7 Å². The molecule has 1 heterocycles. The zero-order valence-electron chi connectivity index (χ0n) is 15.1. The van der Waals surface area contributed by atoms with Gasteiger partial charge in [0.05, 0.1) is 20.2 Å². The molecule has 2 amide bonds. The monoisotopic (exact) mass is 378 g/mol. The number of carbonyl (C=O) groups excluding carboxylic acids is 2. The van der Waals surface area contributed by atoms with Crippen LogP contribution < -0.4 is 15.5 Å². The summed E-state index contributed by atoms with van der Waals surface area (Å²) in [6.45, 7) is 1.13. The van der Waals surface area contributed by atoms with Crippen molar-refractivity contribution in [3.05, 3.63) is 29.8 Å². The van der Waals surface area contributed by atoms with Crippen molar-refractivity contribution >= 4 is 29.5 Å². The number of methoxy groups -OCH3 is 1. The number of amidine groups is 1. The second-order valence-corrected chi connectivity index (χ2v) is 6.23. The highest BCUT2D eigenvalue weighted by Gasteiger charge is 2.49. The minimum absolute atomic E-state index is 0.0418. The number of nitrogens with zero attached hydrogens (tertiary/aromatic N) is 2. The zero-order chi connectivity index (χ0) is 20.0. The Labute approximate surface area is 156 Å². The Morgan fingerprint density at radius 3 is 2.59 bits per heavy atom. The van der Waals surface area contributed by atoms with Gasteiger partial charge >= 0.3 is 18.0 Å². The van der Waals surface area contributed by atoms with Gasteiger partial charge in [0, 0.05) is 30.8 Å². The van der Waals surface area contributed by atoms with Crippen LogP contribution in [0.1, 0.15) is 5.56 Å². The summed E-state index contributed by atoms with van der Waals surface area (Å²) in [4.78, 5) is 37.1. The van der Waals surface area contributed by atoms with Gasteiger partial charge in [-0.1, -0.05) is 0 Å². The van der Waals surface area contributed by atoms with Gasteiger partial charge in [0.1, 0.15) is 18.1 Å². The second kappa shape index (κ2) is 8.60. The molecule has 0 aliphatic carbocycles. The third-order valence-electron chi connectivity index (χ3n) is 4.52. The molecule has 146 valence electrons. The van der Waals surface area contributed by atoms with Crippen molar-refractivity contribution in [2.24, 2.45) is 5.73 Å². The van der Waals surface area contributed by atoms with Gasteiger partial charge < -0.3 is 20.9 Å². The van der Waals surface area contributed by atoms with E-state index in [2.05, 4.69) is 10.1 Å². The minimum Gasteiger partial charge on any atom is -0.477 e. The van der Waals surface area contributed by atoms with Gasteiger partial charge in [0.25, 0.3) is 0 Å². The lowest BCUT2D eigenvalue weighted by Crippen LogP contribution is -2.55. The fourth-order valence-electron chi connectivity index (χ4n) is 3.07. The van der Waals surface area contributed by atoms with Crippen LogP contribution in [0.3, 0.4) is 0 Å². The number of nitrogen functional groups attached to an aromatic ring is 1. The highest BCUT2D eigenvalue weighted by Crippen LogP contribution is 2.29. The lowest BCUT2D eigenvalue weighted by atomic mass is 10.1. The van der Waals surface area contributed by atoms with Crippen LogP contribution in [0.5, 0.6) is 0 Å². The summed E-state index contributed by atoms with van der Waals surface area (Å²) >= 11 is 0. The Balaban J connectivity index is 2.14. The SMILES string of the molecule is COC(=O)CNCCN1CC[N+](CC(=O)O)(c2ccc(C(=N)N)cc2)C1=O. The van der Waals surface area contributed by atoms with Crippen LogP contribution in [0.15, 0.2) is 24.3 Å². The van der Waals surface area contributed by atoms with Crippen molar-refractivity contribution < 1.29 is 24.2 Å². The molecule has 0 spiro atoms. The number of esters is 1. The highest BCUT2D eigenvalue weighted by atomic mass is 16.5. The van der Waals surface area contributed by atoms with E-state index in [0.29, 0.717) is 37.4 Å². The van der Waals surface area contributed by atoms with Crippen LogP contribution in [0.25, 0.3) is 0 Å². The number of ether oxygens (including phenoxy) is 1. The molecule has 0 saturated carbocycles. The summed E-state index contributed by atoms with van der Waals surface area (Å²) in [5.74, 6) is -1.58. The van der Waals surface area contributed by atoms with Crippen molar-refractivity contribution in [3.63, 3.8) is 0 Å². The lowest BCUT2D eigenvalue weighted by molar-refractivity contribution is -0.139. The summed E-state index contributed by atoms with van der Waals surface area (Å²) in [6, 6.07) is 6.17.